The summed E-state index contributed by atoms with van der Waals surface area (Å²) in [6.45, 7) is 4.03. The van der Waals surface area contributed by atoms with Gasteiger partial charge >= 0.3 is 0 Å². The van der Waals surface area contributed by atoms with Crippen LogP contribution in [-0.4, -0.2) is 21.7 Å². The van der Waals surface area contributed by atoms with E-state index in [1.165, 1.54) is 16.9 Å². The zero-order valence-corrected chi connectivity index (χ0v) is 14.5. The van der Waals surface area contributed by atoms with Crippen LogP contribution in [0, 0.1) is 6.92 Å². The van der Waals surface area contributed by atoms with Crippen molar-refractivity contribution in [1.29, 1.82) is 0 Å². The summed E-state index contributed by atoms with van der Waals surface area (Å²) in [5.74, 6) is 0.00571. The lowest BCUT2D eigenvalue weighted by Crippen LogP contribution is -2.32. The molecule has 0 unspecified atom stereocenters. The number of aryl methyl sites for hydroxylation is 3. The molecule has 1 N–H and O–H groups in total. The third-order valence-electron chi connectivity index (χ3n) is 4.01. The fourth-order valence-corrected chi connectivity index (χ4v) is 3.74. The van der Waals surface area contributed by atoms with E-state index in [0.717, 1.165) is 33.6 Å². The minimum atomic E-state index is 0.00571. The van der Waals surface area contributed by atoms with Gasteiger partial charge in [0, 0.05) is 18.5 Å². The molecular formula is C18H21N3OS. The maximum absolute atomic E-state index is 12.4. The lowest BCUT2D eigenvalue weighted by Gasteiger charge is -2.13. The van der Waals surface area contributed by atoms with E-state index in [9.17, 15) is 4.79 Å². The molecule has 0 saturated carbocycles. The van der Waals surface area contributed by atoms with E-state index in [0.29, 0.717) is 0 Å². The van der Waals surface area contributed by atoms with Crippen LogP contribution < -0.4 is 5.32 Å². The summed E-state index contributed by atoms with van der Waals surface area (Å²) in [5.41, 5.74) is 2.27. The number of aromatic nitrogens is 2. The number of amides is 1. The highest BCUT2D eigenvalue weighted by Gasteiger charge is 2.16. The number of carbonyl (C=O) groups excluding carboxylic acids is 1. The summed E-state index contributed by atoms with van der Waals surface area (Å²) in [6.07, 6.45) is 1.90. The molecule has 1 amide bonds. The first kappa shape index (κ1) is 15.7. The third kappa shape index (κ3) is 3.45. The topological polar surface area (TPSA) is 46.9 Å². The summed E-state index contributed by atoms with van der Waals surface area (Å²) in [7, 11) is 1.91. The van der Waals surface area contributed by atoms with Crippen molar-refractivity contribution in [2.75, 3.05) is 0 Å². The number of carbonyl (C=O) groups is 1. The standard InChI is InChI=1S/C18H21N3OS/c1-12(9-10-14-7-5-4-6-8-14)19-17(22)16-11-15-13(2)20-21(3)18(15)23-16/h4-8,11-12H,9-10H2,1-3H3,(H,19,22)/t12-/m0/s1. The molecule has 4 nitrogen and oxygen atoms in total. The average molecular weight is 327 g/mol. The van der Waals surface area contributed by atoms with Crippen LogP contribution in [0.5, 0.6) is 0 Å². The summed E-state index contributed by atoms with van der Waals surface area (Å²) in [5, 5.41) is 8.54. The average Bonchev–Trinajstić information content (AvgIpc) is 3.09. The van der Waals surface area contributed by atoms with Crippen molar-refractivity contribution in [3.63, 3.8) is 0 Å². The zero-order chi connectivity index (χ0) is 16.4. The van der Waals surface area contributed by atoms with Crippen LogP contribution >= 0.6 is 11.3 Å². The monoisotopic (exact) mass is 327 g/mol. The number of hydrogen-bond donors (Lipinski definition) is 1. The number of thiophene rings is 1. The maximum atomic E-state index is 12.4. The van der Waals surface area contributed by atoms with E-state index in [4.69, 9.17) is 0 Å². The lowest BCUT2D eigenvalue weighted by atomic mass is 10.1. The van der Waals surface area contributed by atoms with Crippen molar-refractivity contribution in [1.82, 2.24) is 15.1 Å². The predicted molar refractivity (Wildman–Crippen MR) is 95.0 cm³/mol. The van der Waals surface area contributed by atoms with Crippen LogP contribution in [0.2, 0.25) is 0 Å². The van der Waals surface area contributed by atoms with E-state index in [1.807, 2.05) is 42.9 Å². The molecule has 5 heteroatoms. The molecule has 0 aliphatic carbocycles. The van der Waals surface area contributed by atoms with Gasteiger partial charge < -0.3 is 5.32 Å². The first-order valence-corrected chi connectivity index (χ1v) is 8.64. The number of nitrogens with one attached hydrogen (secondary N) is 1. The highest BCUT2D eigenvalue weighted by Crippen LogP contribution is 2.27. The zero-order valence-electron chi connectivity index (χ0n) is 13.7. The first-order valence-electron chi connectivity index (χ1n) is 7.82. The van der Waals surface area contributed by atoms with E-state index in [2.05, 4.69) is 29.5 Å². The maximum Gasteiger partial charge on any atom is 0.261 e. The molecule has 120 valence electrons. The Morgan fingerprint density at radius 3 is 2.78 bits per heavy atom. The number of hydrogen-bond acceptors (Lipinski definition) is 3. The molecule has 2 heterocycles. The Balaban J connectivity index is 1.62. The molecule has 0 spiro atoms. The van der Waals surface area contributed by atoms with Gasteiger partial charge in [-0.1, -0.05) is 30.3 Å². The van der Waals surface area contributed by atoms with E-state index < -0.39 is 0 Å². The van der Waals surface area contributed by atoms with Gasteiger partial charge in [-0.2, -0.15) is 5.10 Å². The van der Waals surface area contributed by atoms with Crippen LogP contribution in [0.25, 0.3) is 10.2 Å². The lowest BCUT2D eigenvalue weighted by molar-refractivity contribution is 0.0942. The highest BCUT2D eigenvalue weighted by molar-refractivity contribution is 7.20. The highest BCUT2D eigenvalue weighted by atomic mass is 32.1. The Bertz CT molecular complexity index is 785. The Kier molecular flexibility index (Phi) is 4.48. The van der Waals surface area contributed by atoms with Crippen molar-refractivity contribution in [2.24, 2.45) is 7.05 Å². The van der Waals surface area contributed by atoms with Gasteiger partial charge in [-0.15, -0.1) is 11.3 Å². The Hall–Kier alpha value is -2.14. The van der Waals surface area contributed by atoms with Gasteiger partial charge in [-0.3, -0.25) is 9.48 Å². The number of rotatable bonds is 5. The van der Waals surface area contributed by atoms with Crippen LogP contribution in [0.4, 0.5) is 0 Å². The molecule has 0 fully saturated rings. The first-order chi connectivity index (χ1) is 11.0. The Labute approximate surface area is 140 Å². The van der Waals surface area contributed by atoms with Crippen molar-refractivity contribution in [2.45, 2.75) is 32.7 Å². The van der Waals surface area contributed by atoms with Gasteiger partial charge in [0.25, 0.3) is 5.91 Å². The van der Waals surface area contributed by atoms with Crippen molar-refractivity contribution >= 4 is 27.5 Å². The normalized spacial score (nSPS) is 12.5. The molecule has 2 aromatic heterocycles. The van der Waals surface area contributed by atoms with Crippen LogP contribution in [0.15, 0.2) is 36.4 Å². The minimum absolute atomic E-state index is 0.00571. The second-order valence-electron chi connectivity index (χ2n) is 5.94. The largest absolute Gasteiger partial charge is 0.349 e. The molecule has 0 bridgehead atoms. The fraction of sp³-hybridized carbons (Fsp3) is 0.333. The SMILES string of the molecule is Cc1nn(C)c2sc(C(=O)N[C@@H](C)CCc3ccccc3)cc12. The summed E-state index contributed by atoms with van der Waals surface area (Å²) in [4.78, 5) is 14.2. The van der Waals surface area contributed by atoms with Crippen molar-refractivity contribution in [3.8, 4) is 0 Å². The van der Waals surface area contributed by atoms with Crippen LogP contribution in [0.3, 0.4) is 0 Å². The van der Waals surface area contributed by atoms with Crippen molar-refractivity contribution < 1.29 is 4.79 Å². The summed E-state index contributed by atoms with van der Waals surface area (Å²) < 4.78 is 1.84. The summed E-state index contributed by atoms with van der Waals surface area (Å²) in [6, 6.07) is 12.5. The second-order valence-corrected chi connectivity index (χ2v) is 6.97. The number of nitrogens with zero attached hydrogens (tertiary/aromatic N) is 2. The molecule has 1 atom stereocenters. The molecule has 3 aromatic rings. The second kappa shape index (κ2) is 6.54. The molecule has 23 heavy (non-hydrogen) atoms. The van der Waals surface area contributed by atoms with E-state index in [1.54, 1.807) is 0 Å². The predicted octanol–water partition coefficient (Wildman–Crippen LogP) is 3.69. The molecule has 3 rings (SSSR count). The Morgan fingerprint density at radius 1 is 1.35 bits per heavy atom. The fourth-order valence-electron chi connectivity index (χ4n) is 2.71. The van der Waals surface area contributed by atoms with Gasteiger partial charge in [-0.05, 0) is 38.3 Å². The smallest absolute Gasteiger partial charge is 0.261 e. The van der Waals surface area contributed by atoms with E-state index in [-0.39, 0.29) is 11.9 Å². The van der Waals surface area contributed by atoms with Crippen LogP contribution in [0.1, 0.15) is 34.3 Å². The molecule has 0 aliphatic rings. The number of benzene rings is 1. The van der Waals surface area contributed by atoms with Gasteiger partial charge in [0.15, 0.2) is 0 Å². The van der Waals surface area contributed by atoms with Crippen LogP contribution in [-0.2, 0) is 13.5 Å². The van der Waals surface area contributed by atoms with Gasteiger partial charge in [0.1, 0.15) is 4.83 Å². The molecule has 1 aromatic carbocycles. The molecule has 0 saturated heterocycles. The molecular weight excluding hydrogens is 306 g/mol. The van der Waals surface area contributed by atoms with Crippen molar-refractivity contribution in [3.05, 3.63) is 52.5 Å². The Morgan fingerprint density at radius 2 is 2.09 bits per heavy atom. The van der Waals surface area contributed by atoms with Gasteiger partial charge in [0.2, 0.25) is 0 Å². The number of fused-ring (bicyclic) bond motifs is 1. The molecule has 0 radical (unpaired) electrons. The quantitative estimate of drug-likeness (QED) is 0.777. The van der Waals surface area contributed by atoms with Gasteiger partial charge in [-0.25, -0.2) is 0 Å². The van der Waals surface area contributed by atoms with E-state index >= 15 is 0 Å². The minimum Gasteiger partial charge on any atom is -0.349 e. The molecule has 0 aliphatic heterocycles. The van der Waals surface area contributed by atoms with Gasteiger partial charge in [0.05, 0.1) is 10.6 Å². The third-order valence-corrected chi connectivity index (χ3v) is 5.21. The summed E-state index contributed by atoms with van der Waals surface area (Å²) >= 11 is 1.50.